The van der Waals surface area contributed by atoms with Crippen molar-refractivity contribution in [1.29, 1.82) is 0 Å². The largest absolute Gasteiger partial charge is 0.326 e. The molecule has 2 aromatic carbocycles. The van der Waals surface area contributed by atoms with Crippen LogP contribution in [-0.2, 0) is 9.59 Å². The summed E-state index contributed by atoms with van der Waals surface area (Å²) in [7, 11) is 0. The number of nitrogens with one attached hydrogen (secondary N) is 1. The summed E-state index contributed by atoms with van der Waals surface area (Å²) < 4.78 is 1.88. The van der Waals surface area contributed by atoms with E-state index in [0.717, 1.165) is 5.69 Å². The minimum Gasteiger partial charge on any atom is -0.326 e. The standard InChI is InChI=1S/C20H17ClN4O2/c21-17-3-1-2-4-18(17)25-12-14(11-19(25)26)20(27)23-15-5-7-16(8-6-15)24-10-9-22-13-24/h1-10,13-14H,11-12H2,(H,23,27). The fourth-order valence-electron chi connectivity index (χ4n) is 3.16. The fraction of sp³-hybridized carbons (Fsp3) is 0.150. The lowest BCUT2D eigenvalue weighted by Gasteiger charge is -2.18. The number of carbonyl (C=O) groups is 2. The van der Waals surface area contributed by atoms with Crippen LogP contribution in [0.3, 0.4) is 0 Å². The van der Waals surface area contributed by atoms with Crippen LogP contribution in [0.2, 0.25) is 5.02 Å². The lowest BCUT2D eigenvalue weighted by molar-refractivity contribution is -0.122. The van der Waals surface area contributed by atoms with Crippen LogP contribution in [-0.4, -0.2) is 27.9 Å². The Balaban J connectivity index is 1.43. The van der Waals surface area contributed by atoms with Crippen molar-refractivity contribution in [1.82, 2.24) is 9.55 Å². The molecule has 1 aromatic heterocycles. The summed E-state index contributed by atoms with van der Waals surface area (Å²) in [6, 6.07) is 14.6. The SMILES string of the molecule is O=C(Nc1ccc(-n2ccnc2)cc1)C1CC(=O)N(c2ccccc2Cl)C1. The first-order chi connectivity index (χ1) is 13.1. The van der Waals surface area contributed by atoms with E-state index >= 15 is 0 Å². The highest BCUT2D eigenvalue weighted by Gasteiger charge is 2.35. The Kier molecular flexibility index (Phi) is 4.64. The number of para-hydroxylation sites is 1. The van der Waals surface area contributed by atoms with Crippen LogP contribution in [0.4, 0.5) is 11.4 Å². The number of imidazole rings is 1. The van der Waals surface area contributed by atoms with Crippen molar-refractivity contribution in [3.8, 4) is 5.69 Å². The molecule has 3 aromatic rings. The van der Waals surface area contributed by atoms with Gasteiger partial charge < -0.3 is 14.8 Å². The molecule has 6 nitrogen and oxygen atoms in total. The molecule has 2 heterocycles. The van der Waals surface area contributed by atoms with E-state index in [2.05, 4.69) is 10.3 Å². The van der Waals surface area contributed by atoms with Gasteiger partial charge in [-0.25, -0.2) is 4.98 Å². The summed E-state index contributed by atoms with van der Waals surface area (Å²) in [6.45, 7) is 0.321. The van der Waals surface area contributed by atoms with Crippen LogP contribution in [0.15, 0.2) is 67.3 Å². The molecule has 1 atom stereocenters. The van der Waals surface area contributed by atoms with Gasteiger partial charge >= 0.3 is 0 Å². The van der Waals surface area contributed by atoms with Crippen molar-refractivity contribution >= 4 is 34.8 Å². The van der Waals surface area contributed by atoms with E-state index in [1.807, 2.05) is 47.2 Å². The van der Waals surface area contributed by atoms with Gasteiger partial charge in [-0.1, -0.05) is 23.7 Å². The van der Waals surface area contributed by atoms with Gasteiger partial charge in [-0.2, -0.15) is 0 Å². The molecule has 0 radical (unpaired) electrons. The summed E-state index contributed by atoms with van der Waals surface area (Å²) in [5, 5.41) is 3.39. The van der Waals surface area contributed by atoms with Crippen molar-refractivity contribution in [2.45, 2.75) is 6.42 Å². The van der Waals surface area contributed by atoms with Crippen LogP contribution < -0.4 is 10.2 Å². The van der Waals surface area contributed by atoms with E-state index in [0.29, 0.717) is 22.9 Å². The Morgan fingerprint density at radius 3 is 2.63 bits per heavy atom. The molecule has 0 spiro atoms. The molecule has 0 bridgehead atoms. The monoisotopic (exact) mass is 380 g/mol. The summed E-state index contributed by atoms with van der Waals surface area (Å²) in [4.78, 5) is 30.5. The highest BCUT2D eigenvalue weighted by Crippen LogP contribution is 2.31. The lowest BCUT2D eigenvalue weighted by Crippen LogP contribution is -2.28. The average molecular weight is 381 g/mol. The third-order valence-electron chi connectivity index (χ3n) is 4.58. The zero-order valence-corrected chi connectivity index (χ0v) is 15.1. The molecule has 1 unspecified atom stereocenters. The van der Waals surface area contributed by atoms with Gasteiger partial charge in [-0.3, -0.25) is 9.59 Å². The molecule has 4 rings (SSSR count). The van der Waals surface area contributed by atoms with Gasteiger partial charge in [-0.15, -0.1) is 0 Å². The topological polar surface area (TPSA) is 67.2 Å². The maximum Gasteiger partial charge on any atom is 0.229 e. The number of aromatic nitrogens is 2. The van der Waals surface area contributed by atoms with E-state index in [-0.39, 0.29) is 18.2 Å². The summed E-state index contributed by atoms with van der Waals surface area (Å²) >= 11 is 6.18. The number of anilines is 2. The molecule has 1 aliphatic rings. The first-order valence-electron chi connectivity index (χ1n) is 8.56. The second kappa shape index (κ2) is 7.25. The van der Waals surface area contributed by atoms with Gasteiger partial charge in [0, 0.05) is 36.7 Å². The normalized spacial score (nSPS) is 16.6. The minimum absolute atomic E-state index is 0.0984. The first-order valence-corrected chi connectivity index (χ1v) is 8.94. The number of rotatable bonds is 4. The molecule has 0 saturated carbocycles. The second-order valence-electron chi connectivity index (χ2n) is 6.36. The Hall–Kier alpha value is -3.12. The van der Waals surface area contributed by atoms with Gasteiger partial charge in [0.2, 0.25) is 11.8 Å². The third kappa shape index (κ3) is 3.57. The average Bonchev–Trinajstić information content (AvgIpc) is 3.33. The van der Waals surface area contributed by atoms with Gasteiger partial charge in [0.15, 0.2) is 0 Å². The summed E-state index contributed by atoms with van der Waals surface area (Å²) in [5.41, 5.74) is 2.28. The first kappa shape index (κ1) is 17.3. The second-order valence-corrected chi connectivity index (χ2v) is 6.77. The number of hydrogen-bond acceptors (Lipinski definition) is 3. The van der Waals surface area contributed by atoms with Gasteiger partial charge in [0.05, 0.1) is 23.0 Å². The Labute approximate surface area is 161 Å². The van der Waals surface area contributed by atoms with E-state index in [1.165, 1.54) is 0 Å². The molecule has 27 heavy (non-hydrogen) atoms. The molecule has 136 valence electrons. The molecule has 2 amide bonds. The lowest BCUT2D eigenvalue weighted by atomic mass is 10.1. The molecule has 7 heteroatoms. The molecule has 0 aliphatic carbocycles. The predicted octanol–water partition coefficient (Wildman–Crippen LogP) is 3.52. The molecular weight excluding hydrogens is 364 g/mol. The zero-order valence-electron chi connectivity index (χ0n) is 14.4. The summed E-state index contributed by atoms with van der Waals surface area (Å²) in [6.07, 6.45) is 5.43. The van der Waals surface area contributed by atoms with Crippen LogP contribution in [0.25, 0.3) is 5.69 Å². The third-order valence-corrected chi connectivity index (χ3v) is 4.90. The Bertz CT molecular complexity index is 970. The van der Waals surface area contributed by atoms with Crippen LogP contribution in [0.5, 0.6) is 0 Å². The number of amides is 2. The van der Waals surface area contributed by atoms with Crippen LogP contribution >= 0.6 is 11.6 Å². The predicted molar refractivity (Wildman–Crippen MR) is 104 cm³/mol. The van der Waals surface area contributed by atoms with Crippen molar-refractivity contribution in [2.75, 3.05) is 16.8 Å². The molecule has 1 fully saturated rings. The Morgan fingerprint density at radius 1 is 1.15 bits per heavy atom. The number of carbonyl (C=O) groups excluding carboxylic acids is 2. The number of benzene rings is 2. The highest BCUT2D eigenvalue weighted by atomic mass is 35.5. The number of hydrogen-bond donors (Lipinski definition) is 1. The smallest absolute Gasteiger partial charge is 0.229 e. The zero-order chi connectivity index (χ0) is 18.8. The van der Waals surface area contributed by atoms with Crippen molar-refractivity contribution < 1.29 is 9.59 Å². The quantitative estimate of drug-likeness (QED) is 0.753. The fourth-order valence-corrected chi connectivity index (χ4v) is 3.40. The van der Waals surface area contributed by atoms with E-state index in [9.17, 15) is 9.59 Å². The van der Waals surface area contributed by atoms with Crippen molar-refractivity contribution in [2.24, 2.45) is 5.92 Å². The number of halogens is 1. The van der Waals surface area contributed by atoms with E-state index < -0.39 is 5.92 Å². The van der Waals surface area contributed by atoms with Gasteiger partial charge in [-0.05, 0) is 36.4 Å². The van der Waals surface area contributed by atoms with E-state index in [4.69, 9.17) is 11.6 Å². The van der Waals surface area contributed by atoms with Crippen LogP contribution in [0.1, 0.15) is 6.42 Å². The van der Waals surface area contributed by atoms with Crippen LogP contribution in [0, 0.1) is 5.92 Å². The highest BCUT2D eigenvalue weighted by molar-refractivity contribution is 6.33. The summed E-state index contributed by atoms with van der Waals surface area (Å²) in [5.74, 6) is -0.686. The van der Waals surface area contributed by atoms with Crippen molar-refractivity contribution in [3.63, 3.8) is 0 Å². The van der Waals surface area contributed by atoms with Crippen molar-refractivity contribution in [3.05, 3.63) is 72.3 Å². The maximum atomic E-state index is 12.6. The van der Waals surface area contributed by atoms with Gasteiger partial charge in [0.25, 0.3) is 0 Å². The Morgan fingerprint density at radius 2 is 1.93 bits per heavy atom. The molecule has 1 saturated heterocycles. The maximum absolute atomic E-state index is 12.6. The van der Waals surface area contributed by atoms with E-state index in [1.54, 1.807) is 29.6 Å². The molecular formula is C20H17ClN4O2. The molecule has 1 N–H and O–H groups in total. The molecule has 1 aliphatic heterocycles. The van der Waals surface area contributed by atoms with Gasteiger partial charge in [0.1, 0.15) is 0 Å². The minimum atomic E-state index is -0.415. The number of nitrogens with zero attached hydrogens (tertiary/aromatic N) is 3.